The number of fused-ring (bicyclic) bond motifs is 1. The lowest BCUT2D eigenvalue weighted by Gasteiger charge is -2.27. The molecule has 2 N–H and O–H groups in total. The SMILES string of the molecule is CCCC1C(=O)C(c2ccccc2)(c2cccc(-c3ccc4c(c3)OCO4)c2)N=C1N. The number of ether oxygens (including phenoxy) is 2. The zero-order valence-electron chi connectivity index (χ0n) is 17.4. The second kappa shape index (κ2) is 7.58. The summed E-state index contributed by atoms with van der Waals surface area (Å²) in [6.07, 6.45) is 1.57. The van der Waals surface area contributed by atoms with Crippen LogP contribution >= 0.6 is 0 Å². The van der Waals surface area contributed by atoms with Crippen molar-refractivity contribution >= 4 is 11.6 Å². The Bertz CT molecular complexity index is 1170. The van der Waals surface area contributed by atoms with Gasteiger partial charge in [-0.25, -0.2) is 4.99 Å². The van der Waals surface area contributed by atoms with E-state index in [0.29, 0.717) is 12.3 Å². The molecule has 5 nitrogen and oxygen atoms in total. The van der Waals surface area contributed by atoms with Gasteiger partial charge in [0.25, 0.3) is 0 Å². The predicted molar refractivity (Wildman–Crippen MR) is 120 cm³/mol. The van der Waals surface area contributed by atoms with Crippen LogP contribution in [0.5, 0.6) is 11.5 Å². The van der Waals surface area contributed by atoms with Crippen molar-refractivity contribution in [3.05, 3.63) is 83.9 Å². The van der Waals surface area contributed by atoms with Crippen molar-refractivity contribution in [1.29, 1.82) is 0 Å². The maximum absolute atomic E-state index is 13.8. The molecule has 3 aromatic carbocycles. The van der Waals surface area contributed by atoms with E-state index in [0.717, 1.165) is 40.2 Å². The second-order valence-corrected chi connectivity index (χ2v) is 7.97. The van der Waals surface area contributed by atoms with E-state index in [2.05, 4.69) is 6.92 Å². The van der Waals surface area contributed by atoms with Gasteiger partial charge in [0.2, 0.25) is 6.79 Å². The fourth-order valence-corrected chi connectivity index (χ4v) is 4.54. The fourth-order valence-electron chi connectivity index (χ4n) is 4.54. The molecule has 0 saturated carbocycles. The number of carbonyl (C=O) groups is 1. The van der Waals surface area contributed by atoms with Crippen molar-refractivity contribution < 1.29 is 14.3 Å². The Morgan fingerprint density at radius 1 is 0.935 bits per heavy atom. The highest BCUT2D eigenvalue weighted by atomic mass is 16.7. The monoisotopic (exact) mass is 412 g/mol. The van der Waals surface area contributed by atoms with Gasteiger partial charge in [0, 0.05) is 0 Å². The van der Waals surface area contributed by atoms with Gasteiger partial charge in [-0.15, -0.1) is 0 Å². The van der Waals surface area contributed by atoms with Crippen molar-refractivity contribution in [2.75, 3.05) is 6.79 Å². The summed E-state index contributed by atoms with van der Waals surface area (Å²) in [7, 11) is 0. The lowest BCUT2D eigenvalue weighted by Crippen LogP contribution is -2.36. The first-order valence-electron chi connectivity index (χ1n) is 10.6. The molecule has 0 aliphatic carbocycles. The van der Waals surface area contributed by atoms with Crippen molar-refractivity contribution in [2.45, 2.75) is 25.3 Å². The number of rotatable bonds is 5. The van der Waals surface area contributed by atoms with Crippen molar-refractivity contribution in [3.63, 3.8) is 0 Å². The second-order valence-electron chi connectivity index (χ2n) is 7.97. The van der Waals surface area contributed by atoms with Crippen LogP contribution in [0, 0.1) is 5.92 Å². The Balaban J connectivity index is 1.65. The molecule has 5 rings (SSSR count). The first-order valence-corrected chi connectivity index (χ1v) is 10.6. The lowest BCUT2D eigenvalue weighted by atomic mass is 9.76. The molecular weight excluding hydrogens is 388 g/mol. The number of hydrogen-bond acceptors (Lipinski definition) is 5. The molecule has 3 aromatic rings. The van der Waals surface area contributed by atoms with Crippen LogP contribution in [-0.4, -0.2) is 18.4 Å². The number of Topliss-reactive ketones (excluding diaryl/α,β-unsaturated/α-hetero) is 1. The van der Waals surface area contributed by atoms with Gasteiger partial charge in [-0.2, -0.15) is 0 Å². The summed E-state index contributed by atoms with van der Waals surface area (Å²) in [6.45, 7) is 2.29. The Labute approximate surface area is 181 Å². The average molecular weight is 412 g/mol. The van der Waals surface area contributed by atoms with Gasteiger partial charge in [0.15, 0.2) is 22.8 Å². The Kier molecular flexibility index (Phi) is 4.74. The molecule has 5 heteroatoms. The topological polar surface area (TPSA) is 73.9 Å². The number of amidine groups is 1. The van der Waals surface area contributed by atoms with Crippen LogP contribution in [0.3, 0.4) is 0 Å². The van der Waals surface area contributed by atoms with Gasteiger partial charge in [0.1, 0.15) is 5.84 Å². The van der Waals surface area contributed by atoms with Gasteiger partial charge < -0.3 is 15.2 Å². The highest BCUT2D eigenvalue weighted by molar-refractivity contribution is 6.14. The average Bonchev–Trinajstić information content (AvgIpc) is 3.38. The molecule has 2 aliphatic rings. The molecule has 0 radical (unpaired) electrons. The van der Waals surface area contributed by atoms with Crippen LogP contribution in [0.4, 0.5) is 0 Å². The summed E-state index contributed by atoms with van der Waals surface area (Å²) < 4.78 is 11.0. The summed E-state index contributed by atoms with van der Waals surface area (Å²) in [5.74, 6) is 1.57. The molecule has 0 bridgehead atoms. The lowest BCUT2D eigenvalue weighted by molar-refractivity contribution is -0.124. The van der Waals surface area contributed by atoms with Crippen LogP contribution in [0.15, 0.2) is 77.8 Å². The molecule has 0 aromatic heterocycles. The van der Waals surface area contributed by atoms with E-state index in [1.54, 1.807) is 0 Å². The molecule has 0 amide bonds. The van der Waals surface area contributed by atoms with Gasteiger partial charge in [-0.1, -0.05) is 67.9 Å². The molecule has 0 saturated heterocycles. The molecule has 2 heterocycles. The van der Waals surface area contributed by atoms with Crippen LogP contribution in [0.1, 0.15) is 30.9 Å². The smallest absolute Gasteiger partial charge is 0.231 e. The molecule has 2 unspecified atom stereocenters. The third-order valence-corrected chi connectivity index (χ3v) is 6.08. The summed E-state index contributed by atoms with van der Waals surface area (Å²) >= 11 is 0. The summed E-state index contributed by atoms with van der Waals surface area (Å²) in [5, 5.41) is 0. The van der Waals surface area contributed by atoms with Crippen LogP contribution in [0.2, 0.25) is 0 Å². The number of nitrogens with two attached hydrogens (primary N) is 1. The first kappa shape index (κ1) is 19.4. The Morgan fingerprint density at radius 3 is 2.48 bits per heavy atom. The number of aliphatic imine (C=N–C) groups is 1. The number of nitrogens with zero attached hydrogens (tertiary/aromatic N) is 1. The van der Waals surface area contributed by atoms with Gasteiger partial charge >= 0.3 is 0 Å². The van der Waals surface area contributed by atoms with Crippen LogP contribution in [0.25, 0.3) is 11.1 Å². The molecule has 156 valence electrons. The van der Waals surface area contributed by atoms with Crippen molar-refractivity contribution in [2.24, 2.45) is 16.6 Å². The van der Waals surface area contributed by atoms with Gasteiger partial charge in [0.05, 0.1) is 5.92 Å². The third kappa shape index (κ3) is 3.08. The summed E-state index contributed by atoms with van der Waals surface area (Å²) in [5.41, 5.74) is 8.81. The molecule has 0 fully saturated rings. The standard InChI is InChI=1S/C26H24N2O3/c1-2-7-21-24(29)26(28-25(21)27,19-9-4-3-5-10-19)20-11-6-8-17(14-20)18-12-13-22-23(15-18)31-16-30-22/h3-6,8-15,21H,2,7,16H2,1H3,(H2,27,28). The predicted octanol–water partition coefficient (Wildman–Crippen LogP) is 4.68. The number of ketones is 1. The van der Waals surface area contributed by atoms with Gasteiger partial charge in [-0.05, 0) is 46.9 Å². The zero-order valence-corrected chi connectivity index (χ0v) is 17.4. The normalized spacial score (nSPS) is 21.9. The highest BCUT2D eigenvalue weighted by Crippen LogP contribution is 2.44. The van der Waals surface area contributed by atoms with Crippen molar-refractivity contribution in [1.82, 2.24) is 0 Å². The minimum Gasteiger partial charge on any atom is -0.454 e. The maximum Gasteiger partial charge on any atom is 0.231 e. The number of carbonyl (C=O) groups excluding carboxylic acids is 1. The summed E-state index contributed by atoms with van der Waals surface area (Å²) in [4.78, 5) is 18.6. The minimum atomic E-state index is -1.13. The van der Waals surface area contributed by atoms with E-state index in [1.165, 1.54) is 0 Å². The molecule has 2 atom stereocenters. The Morgan fingerprint density at radius 2 is 1.68 bits per heavy atom. The minimum absolute atomic E-state index is 0.0425. The molecule has 31 heavy (non-hydrogen) atoms. The van der Waals surface area contributed by atoms with E-state index >= 15 is 0 Å². The first-order chi connectivity index (χ1) is 15.1. The third-order valence-electron chi connectivity index (χ3n) is 6.08. The largest absolute Gasteiger partial charge is 0.454 e. The molecular formula is C26H24N2O3. The maximum atomic E-state index is 13.8. The van der Waals surface area contributed by atoms with Gasteiger partial charge in [-0.3, -0.25) is 4.79 Å². The quantitative estimate of drug-likeness (QED) is 0.660. The van der Waals surface area contributed by atoms with E-state index in [1.807, 2.05) is 72.8 Å². The van der Waals surface area contributed by atoms with Crippen LogP contribution < -0.4 is 15.2 Å². The highest BCUT2D eigenvalue weighted by Gasteiger charge is 2.50. The number of benzene rings is 3. The number of hydrogen-bond donors (Lipinski definition) is 1. The van der Waals surface area contributed by atoms with E-state index in [4.69, 9.17) is 20.2 Å². The van der Waals surface area contributed by atoms with E-state index in [9.17, 15) is 4.79 Å². The van der Waals surface area contributed by atoms with E-state index in [-0.39, 0.29) is 18.5 Å². The van der Waals surface area contributed by atoms with Crippen LogP contribution in [-0.2, 0) is 10.3 Å². The van der Waals surface area contributed by atoms with Crippen molar-refractivity contribution in [3.8, 4) is 22.6 Å². The summed E-state index contributed by atoms with van der Waals surface area (Å²) in [6, 6.07) is 23.6. The molecule has 0 spiro atoms. The Hall–Kier alpha value is -3.60. The van der Waals surface area contributed by atoms with E-state index < -0.39 is 5.54 Å². The zero-order chi connectivity index (χ0) is 21.4. The molecule has 2 aliphatic heterocycles. The fraction of sp³-hybridized carbons (Fsp3) is 0.231.